The summed E-state index contributed by atoms with van der Waals surface area (Å²) in [5.74, 6) is 0. The maximum Gasteiger partial charge on any atom is 0.0542 e. The molecule has 1 N–H and O–H groups in total. The predicted molar refractivity (Wildman–Crippen MR) is 63.1 cm³/mol. The number of aromatic nitrogens is 1. The molecule has 1 unspecified atom stereocenters. The molecule has 1 rings (SSSR count). The highest BCUT2D eigenvalue weighted by Crippen LogP contribution is 2.07. The van der Waals surface area contributed by atoms with E-state index >= 15 is 0 Å². The maximum absolute atomic E-state index is 4.30. The molecule has 1 aromatic heterocycles. The summed E-state index contributed by atoms with van der Waals surface area (Å²) in [6.45, 7) is 5.27. The Bertz CT molecular complexity index is 258. The van der Waals surface area contributed by atoms with Crippen molar-refractivity contribution in [3.63, 3.8) is 0 Å². The van der Waals surface area contributed by atoms with Crippen LogP contribution in [0.1, 0.15) is 32.4 Å². The van der Waals surface area contributed by atoms with Gasteiger partial charge in [-0.15, -0.1) is 0 Å². The van der Waals surface area contributed by atoms with Gasteiger partial charge in [-0.2, -0.15) is 0 Å². The van der Waals surface area contributed by atoms with Crippen LogP contribution in [0.5, 0.6) is 0 Å². The van der Waals surface area contributed by atoms with Crippen molar-refractivity contribution in [3.05, 3.63) is 28.5 Å². The van der Waals surface area contributed by atoms with E-state index in [4.69, 9.17) is 0 Å². The summed E-state index contributed by atoms with van der Waals surface area (Å²) in [4.78, 5) is 4.30. The average molecular weight is 257 g/mol. The Morgan fingerprint density at radius 1 is 1.50 bits per heavy atom. The zero-order valence-corrected chi connectivity index (χ0v) is 10.3. The molecule has 1 heterocycles. The molecule has 0 bridgehead atoms. The topological polar surface area (TPSA) is 24.9 Å². The molecule has 0 saturated heterocycles. The molecule has 1 atom stereocenters. The monoisotopic (exact) mass is 256 g/mol. The van der Waals surface area contributed by atoms with Crippen LogP contribution in [0.4, 0.5) is 0 Å². The summed E-state index contributed by atoms with van der Waals surface area (Å²) >= 11 is 3.37. The summed E-state index contributed by atoms with van der Waals surface area (Å²) in [6.07, 6.45) is 4.28. The van der Waals surface area contributed by atoms with Gasteiger partial charge >= 0.3 is 0 Å². The SMILES string of the molecule is CCCC(C)NCc1ccc(Br)cn1. The van der Waals surface area contributed by atoms with Gasteiger partial charge in [0.1, 0.15) is 0 Å². The number of pyridine rings is 1. The summed E-state index contributed by atoms with van der Waals surface area (Å²) in [7, 11) is 0. The molecule has 0 aliphatic heterocycles. The molecule has 0 spiro atoms. The number of halogens is 1. The second kappa shape index (κ2) is 6.14. The van der Waals surface area contributed by atoms with Gasteiger partial charge in [0.15, 0.2) is 0 Å². The molecular formula is C11H17BrN2. The van der Waals surface area contributed by atoms with Gasteiger partial charge < -0.3 is 5.32 Å². The molecule has 0 amide bonds. The Morgan fingerprint density at radius 2 is 2.29 bits per heavy atom. The lowest BCUT2D eigenvalue weighted by molar-refractivity contribution is 0.504. The third-order valence-corrected chi connectivity index (χ3v) is 2.61. The Morgan fingerprint density at radius 3 is 2.86 bits per heavy atom. The van der Waals surface area contributed by atoms with Crippen molar-refractivity contribution in [1.82, 2.24) is 10.3 Å². The molecule has 0 aliphatic rings. The second-order valence-electron chi connectivity index (χ2n) is 3.54. The van der Waals surface area contributed by atoms with E-state index < -0.39 is 0 Å². The Labute approximate surface area is 94.3 Å². The first-order chi connectivity index (χ1) is 6.72. The molecule has 0 aliphatic carbocycles. The second-order valence-corrected chi connectivity index (χ2v) is 4.45. The van der Waals surface area contributed by atoms with Gasteiger partial charge in [-0.3, -0.25) is 4.98 Å². The van der Waals surface area contributed by atoms with E-state index in [-0.39, 0.29) is 0 Å². The number of nitrogens with zero attached hydrogens (tertiary/aromatic N) is 1. The highest BCUT2D eigenvalue weighted by atomic mass is 79.9. The molecule has 0 saturated carbocycles. The fourth-order valence-electron chi connectivity index (χ4n) is 1.32. The normalized spacial score (nSPS) is 12.8. The van der Waals surface area contributed by atoms with E-state index in [1.165, 1.54) is 12.8 Å². The third kappa shape index (κ3) is 4.20. The van der Waals surface area contributed by atoms with Crippen molar-refractivity contribution in [2.24, 2.45) is 0 Å². The number of rotatable bonds is 5. The van der Waals surface area contributed by atoms with Crippen LogP contribution in [0, 0.1) is 0 Å². The number of hydrogen-bond donors (Lipinski definition) is 1. The van der Waals surface area contributed by atoms with E-state index in [1.807, 2.05) is 18.3 Å². The highest BCUT2D eigenvalue weighted by Gasteiger charge is 2.00. The molecule has 0 radical (unpaired) electrons. The minimum absolute atomic E-state index is 0.574. The minimum Gasteiger partial charge on any atom is -0.309 e. The van der Waals surface area contributed by atoms with Crippen molar-refractivity contribution in [1.29, 1.82) is 0 Å². The van der Waals surface area contributed by atoms with Gasteiger partial charge in [-0.1, -0.05) is 13.3 Å². The van der Waals surface area contributed by atoms with Crippen LogP contribution < -0.4 is 5.32 Å². The number of hydrogen-bond acceptors (Lipinski definition) is 2. The molecule has 3 heteroatoms. The average Bonchev–Trinajstić information content (AvgIpc) is 2.17. The summed E-state index contributed by atoms with van der Waals surface area (Å²) < 4.78 is 1.03. The van der Waals surface area contributed by atoms with Crippen LogP contribution in [-0.2, 0) is 6.54 Å². The van der Waals surface area contributed by atoms with Crippen LogP contribution in [-0.4, -0.2) is 11.0 Å². The van der Waals surface area contributed by atoms with Crippen molar-refractivity contribution in [3.8, 4) is 0 Å². The van der Waals surface area contributed by atoms with E-state index in [0.717, 1.165) is 16.7 Å². The van der Waals surface area contributed by atoms with Crippen molar-refractivity contribution in [2.75, 3.05) is 0 Å². The fraction of sp³-hybridized carbons (Fsp3) is 0.545. The van der Waals surface area contributed by atoms with E-state index in [2.05, 4.69) is 40.1 Å². The molecule has 0 fully saturated rings. The Balaban J connectivity index is 2.34. The first-order valence-electron chi connectivity index (χ1n) is 5.06. The van der Waals surface area contributed by atoms with Gasteiger partial charge in [0.05, 0.1) is 5.69 Å². The molecular weight excluding hydrogens is 240 g/mol. The van der Waals surface area contributed by atoms with Gasteiger partial charge in [0.25, 0.3) is 0 Å². The summed E-state index contributed by atoms with van der Waals surface area (Å²) in [6, 6.07) is 4.63. The Kier molecular flexibility index (Phi) is 5.12. The largest absolute Gasteiger partial charge is 0.309 e. The predicted octanol–water partition coefficient (Wildman–Crippen LogP) is 3.12. The molecule has 0 aromatic carbocycles. The quantitative estimate of drug-likeness (QED) is 0.876. The molecule has 2 nitrogen and oxygen atoms in total. The first kappa shape index (κ1) is 11.7. The van der Waals surface area contributed by atoms with Crippen molar-refractivity contribution in [2.45, 2.75) is 39.3 Å². The first-order valence-corrected chi connectivity index (χ1v) is 5.85. The lowest BCUT2D eigenvalue weighted by Crippen LogP contribution is -2.25. The van der Waals surface area contributed by atoms with Crippen LogP contribution >= 0.6 is 15.9 Å². The van der Waals surface area contributed by atoms with Gasteiger partial charge in [-0.05, 0) is 41.4 Å². The zero-order chi connectivity index (χ0) is 10.4. The number of nitrogens with one attached hydrogen (secondary N) is 1. The standard InChI is InChI=1S/C11H17BrN2/c1-3-4-9(2)13-8-11-6-5-10(12)7-14-11/h5-7,9,13H,3-4,8H2,1-2H3. The van der Waals surface area contributed by atoms with Gasteiger partial charge in [0.2, 0.25) is 0 Å². The van der Waals surface area contributed by atoms with Crippen molar-refractivity contribution < 1.29 is 0 Å². The molecule has 1 aromatic rings. The van der Waals surface area contributed by atoms with Crippen LogP contribution in [0.25, 0.3) is 0 Å². The Hall–Kier alpha value is -0.410. The lowest BCUT2D eigenvalue weighted by Gasteiger charge is -2.11. The van der Waals surface area contributed by atoms with Gasteiger partial charge in [0, 0.05) is 23.3 Å². The van der Waals surface area contributed by atoms with Crippen LogP contribution in [0.15, 0.2) is 22.8 Å². The maximum atomic E-state index is 4.30. The molecule has 78 valence electrons. The van der Waals surface area contributed by atoms with E-state index in [0.29, 0.717) is 6.04 Å². The van der Waals surface area contributed by atoms with Crippen LogP contribution in [0.3, 0.4) is 0 Å². The third-order valence-electron chi connectivity index (χ3n) is 2.14. The smallest absolute Gasteiger partial charge is 0.0542 e. The highest BCUT2D eigenvalue weighted by molar-refractivity contribution is 9.10. The summed E-state index contributed by atoms with van der Waals surface area (Å²) in [5.41, 5.74) is 1.09. The van der Waals surface area contributed by atoms with Crippen LogP contribution in [0.2, 0.25) is 0 Å². The van der Waals surface area contributed by atoms with E-state index in [9.17, 15) is 0 Å². The molecule has 14 heavy (non-hydrogen) atoms. The lowest BCUT2D eigenvalue weighted by atomic mass is 10.2. The summed E-state index contributed by atoms with van der Waals surface area (Å²) in [5, 5.41) is 3.44. The van der Waals surface area contributed by atoms with E-state index in [1.54, 1.807) is 0 Å². The van der Waals surface area contributed by atoms with Crippen molar-refractivity contribution >= 4 is 15.9 Å². The fourth-order valence-corrected chi connectivity index (χ4v) is 1.56. The minimum atomic E-state index is 0.574. The zero-order valence-electron chi connectivity index (χ0n) is 8.76. The van der Waals surface area contributed by atoms with Gasteiger partial charge in [-0.25, -0.2) is 0 Å².